The average Bonchev–Trinajstić information content (AvgIpc) is 2.91. The number of nitrogens with zero attached hydrogens (tertiary/aromatic N) is 2. The van der Waals surface area contributed by atoms with Gasteiger partial charge in [0.25, 0.3) is 0 Å². The summed E-state index contributed by atoms with van der Waals surface area (Å²) < 4.78 is 8.89. The molecule has 0 aliphatic heterocycles. The van der Waals surface area contributed by atoms with Gasteiger partial charge in [0.1, 0.15) is 11.5 Å². The van der Waals surface area contributed by atoms with Gasteiger partial charge in [0.2, 0.25) is 0 Å². The molecule has 0 spiro atoms. The van der Waals surface area contributed by atoms with Crippen LogP contribution in [0.15, 0.2) is 15.0 Å². The minimum absolute atomic E-state index is 0.241. The SMILES string of the molecule is CCNC(Cc1c(Br)c(C)nn1CC)c1cc(C)oc1C. The smallest absolute Gasteiger partial charge is 0.105 e. The fourth-order valence-electron chi connectivity index (χ4n) is 2.79. The molecule has 0 saturated heterocycles. The van der Waals surface area contributed by atoms with Gasteiger partial charge in [-0.2, -0.15) is 5.10 Å². The van der Waals surface area contributed by atoms with Crippen LogP contribution in [0.5, 0.6) is 0 Å². The first kappa shape index (κ1) is 16.3. The van der Waals surface area contributed by atoms with Crippen LogP contribution < -0.4 is 5.32 Å². The Morgan fingerprint density at radius 2 is 2.05 bits per heavy atom. The first-order chi connectivity index (χ1) is 9.97. The molecule has 2 aromatic heterocycles. The molecule has 0 aromatic carbocycles. The summed E-state index contributed by atoms with van der Waals surface area (Å²) in [7, 11) is 0. The third-order valence-electron chi connectivity index (χ3n) is 3.76. The van der Waals surface area contributed by atoms with Gasteiger partial charge in [-0.25, -0.2) is 0 Å². The van der Waals surface area contributed by atoms with E-state index in [9.17, 15) is 0 Å². The summed E-state index contributed by atoms with van der Waals surface area (Å²) >= 11 is 3.68. The van der Waals surface area contributed by atoms with Crippen molar-refractivity contribution in [3.05, 3.63) is 39.0 Å². The van der Waals surface area contributed by atoms with E-state index in [-0.39, 0.29) is 6.04 Å². The van der Waals surface area contributed by atoms with Crippen molar-refractivity contribution >= 4 is 15.9 Å². The number of aryl methyl sites for hydroxylation is 4. The van der Waals surface area contributed by atoms with Crippen LogP contribution in [0.2, 0.25) is 0 Å². The highest BCUT2D eigenvalue weighted by Crippen LogP contribution is 2.29. The topological polar surface area (TPSA) is 43.0 Å². The normalized spacial score (nSPS) is 12.9. The van der Waals surface area contributed by atoms with E-state index in [1.165, 1.54) is 11.3 Å². The molecule has 2 heterocycles. The lowest BCUT2D eigenvalue weighted by Gasteiger charge is -2.18. The lowest BCUT2D eigenvalue weighted by atomic mass is 10.0. The van der Waals surface area contributed by atoms with Crippen LogP contribution in [0.25, 0.3) is 0 Å². The lowest BCUT2D eigenvalue weighted by molar-refractivity contribution is 0.477. The summed E-state index contributed by atoms with van der Waals surface area (Å²) in [4.78, 5) is 0. The monoisotopic (exact) mass is 353 g/mol. The van der Waals surface area contributed by atoms with Gasteiger partial charge in [0.05, 0.1) is 15.9 Å². The lowest BCUT2D eigenvalue weighted by Crippen LogP contribution is -2.24. The summed E-state index contributed by atoms with van der Waals surface area (Å²) in [6.45, 7) is 12.1. The first-order valence-electron chi connectivity index (χ1n) is 7.49. The Hall–Kier alpha value is -1.07. The van der Waals surface area contributed by atoms with Crippen molar-refractivity contribution in [2.75, 3.05) is 6.54 Å². The molecule has 21 heavy (non-hydrogen) atoms. The largest absolute Gasteiger partial charge is 0.466 e. The van der Waals surface area contributed by atoms with E-state index in [2.05, 4.69) is 50.9 Å². The van der Waals surface area contributed by atoms with Gasteiger partial charge in [0.15, 0.2) is 0 Å². The minimum Gasteiger partial charge on any atom is -0.466 e. The summed E-state index contributed by atoms with van der Waals surface area (Å²) in [5, 5.41) is 8.15. The predicted octanol–water partition coefficient (Wildman–Crippen LogP) is 4.08. The maximum Gasteiger partial charge on any atom is 0.105 e. The van der Waals surface area contributed by atoms with Crippen molar-refractivity contribution in [2.45, 2.75) is 53.6 Å². The quantitative estimate of drug-likeness (QED) is 0.850. The standard InChI is InChI=1S/C16H24BrN3O/c1-6-18-14(13-8-10(3)21-12(13)5)9-15-16(17)11(4)19-20(15)7-2/h8,14,18H,6-7,9H2,1-5H3. The molecule has 0 radical (unpaired) electrons. The molecule has 5 heteroatoms. The summed E-state index contributed by atoms with van der Waals surface area (Å²) in [5.41, 5.74) is 3.52. The molecule has 0 bridgehead atoms. The van der Waals surface area contributed by atoms with Crippen LogP contribution in [-0.2, 0) is 13.0 Å². The molecule has 2 rings (SSSR count). The van der Waals surface area contributed by atoms with E-state index >= 15 is 0 Å². The van der Waals surface area contributed by atoms with Crippen molar-refractivity contribution in [2.24, 2.45) is 0 Å². The molecule has 0 saturated carbocycles. The highest BCUT2D eigenvalue weighted by molar-refractivity contribution is 9.10. The Kier molecular flexibility index (Phi) is 5.27. The molecule has 0 fully saturated rings. The fourth-order valence-corrected chi connectivity index (χ4v) is 3.24. The molecule has 116 valence electrons. The second-order valence-corrected chi connectivity index (χ2v) is 6.14. The van der Waals surface area contributed by atoms with E-state index < -0.39 is 0 Å². The molecule has 0 aliphatic carbocycles. The van der Waals surface area contributed by atoms with Crippen molar-refractivity contribution in [1.82, 2.24) is 15.1 Å². The number of aromatic nitrogens is 2. The average molecular weight is 354 g/mol. The van der Waals surface area contributed by atoms with Crippen molar-refractivity contribution in [3.8, 4) is 0 Å². The molecule has 2 aromatic rings. The first-order valence-corrected chi connectivity index (χ1v) is 8.29. The number of hydrogen-bond donors (Lipinski definition) is 1. The highest BCUT2D eigenvalue weighted by Gasteiger charge is 2.21. The molecule has 1 atom stereocenters. The van der Waals surface area contributed by atoms with Crippen LogP contribution in [0.3, 0.4) is 0 Å². The third-order valence-corrected chi connectivity index (χ3v) is 4.79. The van der Waals surface area contributed by atoms with Crippen LogP contribution in [0, 0.1) is 20.8 Å². The molecular weight excluding hydrogens is 330 g/mol. The summed E-state index contributed by atoms with van der Waals surface area (Å²) in [6, 6.07) is 2.38. The van der Waals surface area contributed by atoms with Gasteiger partial charge in [-0.1, -0.05) is 6.92 Å². The third kappa shape index (κ3) is 3.40. The van der Waals surface area contributed by atoms with E-state index in [1.54, 1.807) is 0 Å². The van der Waals surface area contributed by atoms with Crippen LogP contribution in [0.4, 0.5) is 0 Å². The molecule has 1 unspecified atom stereocenters. The fraction of sp³-hybridized carbons (Fsp3) is 0.562. The van der Waals surface area contributed by atoms with Crippen LogP contribution >= 0.6 is 15.9 Å². The molecule has 1 N–H and O–H groups in total. The van der Waals surface area contributed by atoms with E-state index in [4.69, 9.17) is 4.42 Å². The maximum atomic E-state index is 5.70. The van der Waals surface area contributed by atoms with E-state index in [0.29, 0.717) is 0 Å². The number of rotatable bonds is 6. The van der Waals surface area contributed by atoms with Gasteiger partial charge in [0, 0.05) is 24.6 Å². The van der Waals surface area contributed by atoms with Crippen LogP contribution in [0.1, 0.15) is 48.4 Å². The summed E-state index contributed by atoms with van der Waals surface area (Å²) in [6.07, 6.45) is 0.892. The zero-order valence-electron chi connectivity index (χ0n) is 13.5. The molecule has 0 amide bonds. The highest BCUT2D eigenvalue weighted by atomic mass is 79.9. The number of nitrogens with one attached hydrogen (secondary N) is 1. The van der Waals surface area contributed by atoms with Gasteiger partial charge in [-0.05, 0) is 56.2 Å². The Morgan fingerprint density at radius 3 is 2.57 bits per heavy atom. The zero-order valence-corrected chi connectivity index (χ0v) is 15.0. The number of furan rings is 1. The van der Waals surface area contributed by atoms with Gasteiger partial charge in [-0.15, -0.1) is 0 Å². The zero-order chi connectivity index (χ0) is 15.6. The Labute approximate surface area is 135 Å². The molecule has 4 nitrogen and oxygen atoms in total. The summed E-state index contributed by atoms with van der Waals surface area (Å²) in [5.74, 6) is 1.96. The molecular formula is C16H24BrN3O. The van der Waals surface area contributed by atoms with Gasteiger partial charge < -0.3 is 9.73 Å². The van der Waals surface area contributed by atoms with Crippen molar-refractivity contribution in [1.29, 1.82) is 0 Å². The Balaban J connectivity index is 2.35. The van der Waals surface area contributed by atoms with Gasteiger partial charge >= 0.3 is 0 Å². The number of likely N-dealkylation sites (N-methyl/N-ethyl adjacent to an activating group) is 1. The van der Waals surface area contributed by atoms with E-state index in [1.807, 2.05) is 20.8 Å². The Bertz CT molecular complexity index is 615. The maximum absolute atomic E-state index is 5.70. The van der Waals surface area contributed by atoms with Crippen LogP contribution in [-0.4, -0.2) is 16.3 Å². The minimum atomic E-state index is 0.241. The second-order valence-electron chi connectivity index (χ2n) is 5.34. The number of halogens is 1. The van der Waals surface area contributed by atoms with Crippen molar-refractivity contribution < 1.29 is 4.42 Å². The van der Waals surface area contributed by atoms with E-state index in [0.717, 1.165) is 41.2 Å². The van der Waals surface area contributed by atoms with Gasteiger partial charge in [-0.3, -0.25) is 4.68 Å². The predicted molar refractivity (Wildman–Crippen MR) is 88.6 cm³/mol. The number of hydrogen-bond acceptors (Lipinski definition) is 3. The molecule has 0 aliphatic rings. The second kappa shape index (κ2) is 6.79. The Morgan fingerprint density at radius 1 is 1.33 bits per heavy atom. The van der Waals surface area contributed by atoms with Crippen molar-refractivity contribution in [3.63, 3.8) is 0 Å².